The SMILES string of the molecule is O=C1CCCN1Cc1cccc(NS(=O)(=O)c2ccc([N+](=O)[O-])cc2)c1. The molecule has 1 amide bonds. The van der Waals surface area contributed by atoms with Crippen molar-refractivity contribution in [1.82, 2.24) is 4.90 Å². The summed E-state index contributed by atoms with van der Waals surface area (Å²) in [7, 11) is -3.86. The number of non-ortho nitro benzene ring substituents is 1. The molecule has 0 radical (unpaired) electrons. The number of anilines is 1. The molecule has 1 heterocycles. The molecule has 2 aromatic rings. The Kier molecular flexibility index (Phi) is 4.90. The van der Waals surface area contributed by atoms with Crippen molar-refractivity contribution in [2.75, 3.05) is 11.3 Å². The van der Waals surface area contributed by atoms with Gasteiger partial charge in [0.15, 0.2) is 0 Å². The molecule has 9 heteroatoms. The maximum atomic E-state index is 12.4. The molecule has 1 aliphatic rings. The van der Waals surface area contributed by atoms with Crippen LogP contribution in [-0.4, -0.2) is 30.7 Å². The number of nitrogens with zero attached hydrogens (tertiary/aromatic N) is 2. The maximum Gasteiger partial charge on any atom is 0.269 e. The molecule has 0 saturated carbocycles. The Morgan fingerprint density at radius 2 is 1.88 bits per heavy atom. The fourth-order valence-corrected chi connectivity index (χ4v) is 3.84. The van der Waals surface area contributed by atoms with Gasteiger partial charge < -0.3 is 4.90 Å². The van der Waals surface area contributed by atoms with Gasteiger partial charge in [0.05, 0.1) is 9.82 Å². The van der Waals surface area contributed by atoms with Gasteiger partial charge in [0.25, 0.3) is 15.7 Å². The van der Waals surface area contributed by atoms with Gasteiger partial charge in [-0.05, 0) is 36.2 Å². The van der Waals surface area contributed by atoms with Crippen LogP contribution in [0, 0.1) is 10.1 Å². The van der Waals surface area contributed by atoms with E-state index in [2.05, 4.69) is 4.72 Å². The number of amides is 1. The molecule has 2 aromatic carbocycles. The van der Waals surface area contributed by atoms with Gasteiger partial charge in [0, 0.05) is 37.3 Å². The van der Waals surface area contributed by atoms with E-state index in [0.717, 1.165) is 24.1 Å². The van der Waals surface area contributed by atoms with Gasteiger partial charge in [-0.25, -0.2) is 8.42 Å². The number of nitro benzene ring substituents is 1. The average Bonchev–Trinajstić information content (AvgIpc) is 3.00. The smallest absolute Gasteiger partial charge is 0.269 e. The van der Waals surface area contributed by atoms with Crippen molar-refractivity contribution in [2.24, 2.45) is 0 Å². The van der Waals surface area contributed by atoms with Gasteiger partial charge in [-0.15, -0.1) is 0 Å². The minimum absolute atomic E-state index is 0.0665. The van der Waals surface area contributed by atoms with E-state index in [1.165, 1.54) is 12.1 Å². The minimum atomic E-state index is -3.86. The van der Waals surface area contributed by atoms with E-state index in [9.17, 15) is 23.3 Å². The van der Waals surface area contributed by atoms with Gasteiger partial charge in [0.1, 0.15) is 0 Å². The zero-order valence-electron chi connectivity index (χ0n) is 13.8. The summed E-state index contributed by atoms with van der Waals surface area (Å²) in [6.45, 7) is 1.14. The van der Waals surface area contributed by atoms with Crippen LogP contribution in [0.5, 0.6) is 0 Å². The molecule has 1 N–H and O–H groups in total. The molecule has 26 heavy (non-hydrogen) atoms. The first-order valence-corrected chi connectivity index (χ1v) is 9.47. The predicted octanol–water partition coefficient (Wildman–Crippen LogP) is 2.52. The highest BCUT2D eigenvalue weighted by Gasteiger charge is 2.20. The number of likely N-dealkylation sites (tertiary alicyclic amines) is 1. The summed E-state index contributed by atoms with van der Waals surface area (Å²) in [6.07, 6.45) is 1.39. The Morgan fingerprint density at radius 3 is 2.50 bits per heavy atom. The Balaban J connectivity index is 1.76. The van der Waals surface area contributed by atoms with E-state index in [1.54, 1.807) is 23.1 Å². The minimum Gasteiger partial charge on any atom is -0.338 e. The number of rotatable bonds is 6. The highest BCUT2D eigenvalue weighted by atomic mass is 32.2. The van der Waals surface area contributed by atoms with Gasteiger partial charge in [-0.2, -0.15) is 0 Å². The Hall–Kier alpha value is -2.94. The number of benzene rings is 2. The largest absolute Gasteiger partial charge is 0.338 e. The van der Waals surface area contributed by atoms with Crippen LogP contribution in [0.25, 0.3) is 0 Å². The molecule has 0 spiro atoms. The number of nitro groups is 1. The molecule has 0 unspecified atom stereocenters. The van der Waals surface area contributed by atoms with E-state index in [4.69, 9.17) is 0 Å². The highest BCUT2D eigenvalue weighted by molar-refractivity contribution is 7.92. The van der Waals surface area contributed by atoms with Crippen LogP contribution in [0.1, 0.15) is 18.4 Å². The fraction of sp³-hybridized carbons (Fsp3) is 0.235. The number of hydrogen-bond donors (Lipinski definition) is 1. The van der Waals surface area contributed by atoms with Crippen molar-refractivity contribution >= 4 is 27.3 Å². The Morgan fingerprint density at radius 1 is 1.15 bits per heavy atom. The lowest BCUT2D eigenvalue weighted by Crippen LogP contribution is -2.23. The van der Waals surface area contributed by atoms with Crippen molar-refractivity contribution in [2.45, 2.75) is 24.3 Å². The Labute approximate surface area is 150 Å². The number of sulfonamides is 1. The third-order valence-electron chi connectivity index (χ3n) is 4.08. The summed E-state index contributed by atoms with van der Waals surface area (Å²) in [5, 5.41) is 10.7. The van der Waals surface area contributed by atoms with Crippen molar-refractivity contribution in [3.63, 3.8) is 0 Å². The summed E-state index contributed by atoms with van der Waals surface area (Å²) in [5.74, 6) is 0.0989. The quantitative estimate of drug-likeness (QED) is 0.616. The lowest BCUT2D eigenvalue weighted by atomic mass is 10.2. The molecule has 8 nitrogen and oxygen atoms in total. The molecule has 0 aliphatic carbocycles. The topological polar surface area (TPSA) is 110 Å². The number of carbonyl (C=O) groups is 1. The summed E-state index contributed by atoms with van der Waals surface area (Å²) in [5.41, 5.74) is 1.01. The van der Waals surface area contributed by atoms with Gasteiger partial charge >= 0.3 is 0 Å². The van der Waals surface area contributed by atoms with Crippen molar-refractivity contribution in [3.05, 3.63) is 64.2 Å². The molecule has 0 aromatic heterocycles. The first kappa shape index (κ1) is 17.9. The van der Waals surface area contributed by atoms with Crippen LogP contribution < -0.4 is 4.72 Å². The van der Waals surface area contributed by atoms with E-state index < -0.39 is 14.9 Å². The second-order valence-corrected chi connectivity index (χ2v) is 7.66. The molecule has 136 valence electrons. The number of nitrogens with one attached hydrogen (secondary N) is 1. The van der Waals surface area contributed by atoms with E-state index in [0.29, 0.717) is 25.2 Å². The molecule has 3 rings (SSSR count). The highest BCUT2D eigenvalue weighted by Crippen LogP contribution is 2.21. The fourth-order valence-electron chi connectivity index (χ4n) is 2.79. The number of carbonyl (C=O) groups excluding carboxylic acids is 1. The van der Waals surface area contributed by atoms with Gasteiger partial charge in [-0.1, -0.05) is 12.1 Å². The van der Waals surface area contributed by atoms with Crippen molar-refractivity contribution in [3.8, 4) is 0 Å². The zero-order chi connectivity index (χ0) is 18.7. The van der Waals surface area contributed by atoms with E-state index in [1.807, 2.05) is 6.07 Å². The van der Waals surface area contributed by atoms with Gasteiger partial charge in [-0.3, -0.25) is 19.6 Å². The molecular weight excluding hydrogens is 358 g/mol. The molecular formula is C17H17N3O5S. The normalized spacial score (nSPS) is 14.5. The maximum absolute atomic E-state index is 12.4. The van der Waals surface area contributed by atoms with Crippen LogP contribution in [0.3, 0.4) is 0 Å². The summed E-state index contributed by atoms with van der Waals surface area (Å²) in [6, 6.07) is 11.5. The monoisotopic (exact) mass is 375 g/mol. The summed E-state index contributed by atoms with van der Waals surface area (Å²) >= 11 is 0. The van der Waals surface area contributed by atoms with Crippen molar-refractivity contribution < 1.29 is 18.1 Å². The van der Waals surface area contributed by atoms with Crippen LogP contribution in [-0.2, 0) is 21.4 Å². The standard InChI is InChI=1S/C17H17N3O5S/c21-17-5-2-10-19(17)12-13-3-1-4-14(11-13)18-26(24,25)16-8-6-15(7-9-16)20(22)23/h1,3-4,6-9,11,18H,2,5,10,12H2. The van der Waals surface area contributed by atoms with Crippen LogP contribution in [0.15, 0.2) is 53.4 Å². The zero-order valence-corrected chi connectivity index (χ0v) is 14.6. The van der Waals surface area contributed by atoms with Gasteiger partial charge in [0.2, 0.25) is 5.91 Å². The van der Waals surface area contributed by atoms with Crippen LogP contribution in [0.2, 0.25) is 0 Å². The summed E-state index contributed by atoms with van der Waals surface area (Å²) in [4.78, 5) is 23.5. The second kappa shape index (κ2) is 7.12. The summed E-state index contributed by atoms with van der Waals surface area (Å²) < 4.78 is 27.3. The lowest BCUT2D eigenvalue weighted by molar-refractivity contribution is -0.384. The third-order valence-corrected chi connectivity index (χ3v) is 5.48. The molecule has 0 bridgehead atoms. The number of hydrogen-bond acceptors (Lipinski definition) is 5. The molecule has 1 aliphatic heterocycles. The van der Waals surface area contributed by atoms with Crippen LogP contribution in [0.4, 0.5) is 11.4 Å². The lowest BCUT2D eigenvalue weighted by Gasteiger charge is -2.16. The average molecular weight is 375 g/mol. The second-order valence-electron chi connectivity index (χ2n) is 5.98. The van der Waals surface area contributed by atoms with E-state index >= 15 is 0 Å². The molecule has 0 atom stereocenters. The van der Waals surface area contributed by atoms with Crippen molar-refractivity contribution in [1.29, 1.82) is 0 Å². The van der Waals surface area contributed by atoms with E-state index in [-0.39, 0.29) is 16.5 Å². The Bertz CT molecular complexity index is 941. The first-order valence-electron chi connectivity index (χ1n) is 7.99. The molecule has 1 saturated heterocycles. The third kappa shape index (κ3) is 3.99. The molecule has 1 fully saturated rings. The first-order chi connectivity index (χ1) is 12.3. The predicted molar refractivity (Wildman–Crippen MR) is 95.0 cm³/mol. The van der Waals surface area contributed by atoms with Crippen LogP contribution >= 0.6 is 0 Å².